The van der Waals surface area contributed by atoms with E-state index in [2.05, 4.69) is 34.1 Å². The number of nitrogens with zero attached hydrogens (tertiary/aromatic N) is 3. The van der Waals surface area contributed by atoms with E-state index in [1.807, 2.05) is 31.4 Å². The highest BCUT2D eigenvalue weighted by Gasteiger charge is 2.13. The molecule has 0 aliphatic carbocycles. The van der Waals surface area contributed by atoms with Crippen molar-refractivity contribution < 1.29 is 9.47 Å². The van der Waals surface area contributed by atoms with Crippen LogP contribution in [0.4, 0.5) is 11.9 Å². The van der Waals surface area contributed by atoms with Crippen LogP contribution in [0.5, 0.6) is 11.5 Å². The number of hydrogen-bond donors (Lipinski definition) is 2. The number of hydrogen-bond acceptors (Lipinski definition) is 8. The summed E-state index contributed by atoms with van der Waals surface area (Å²) in [5.74, 6) is 2.18. The molecule has 1 heterocycles. The van der Waals surface area contributed by atoms with Gasteiger partial charge in [0.2, 0.25) is 11.9 Å². The minimum absolute atomic E-state index is 0.0318. The molecule has 2 rings (SSSR count). The van der Waals surface area contributed by atoms with Gasteiger partial charge in [-0.1, -0.05) is 31.7 Å². The van der Waals surface area contributed by atoms with E-state index in [-0.39, 0.29) is 12.0 Å². The van der Waals surface area contributed by atoms with Crippen LogP contribution in [0.15, 0.2) is 23.4 Å². The predicted octanol–water partition coefficient (Wildman–Crippen LogP) is 3.93. The second-order valence-corrected chi connectivity index (χ2v) is 6.55. The first-order chi connectivity index (χ1) is 12.6. The Balaban J connectivity index is 2.19. The van der Waals surface area contributed by atoms with Crippen LogP contribution in [0, 0.1) is 0 Å². The van der Waals surface area contributed by atoms with E-state index in [1.54, 1.807) is 0 Å². The molecule has 0 amide bonds. The van der Waals surface area contributed by atoms with Crippen molar-refractivity contribution in [2.75, 3.05) is 30.5 Å². The standard InChI is InChI=1S/C18H27N5O2S/c1-5-9-24-14-8-7-13(11-15(14)25-10-6-2)12(3)20-17-21-16(19)22-18(23-17)26-4/h7-8,11-12H,5-6,9-10H2,1-4H3,(H3,19,20,21,22,23). The van der Waals surface area contributed by atoms with Gasteiger partial charge in [0, 0.05) is 0 Å². The molecule has 142 valence electrons. The molecular weight excluding hydrogens is 350 g/mol. The van der Waals surface area contributed by atoms with Gasteiger partial charge in [0.15, 0.2) is 16.7 Å². The third kappa shape index (κ3) is 5.66. The monoisotopic (exact) mass is 377 g/mol. The van der Waals surface area contributed by atoms with Crippen molar-refractivity contribution in [3.05, 3.63) is 23.8 Å². The van der Waals surface area contributed by atoms with Gasteiger partial charge in [0.1, 0.15) is 0 Å². The minimum Gasteiger partial charge on any atom is -0.490 e. The third-order valence-corrected chi connectivity index (χ3v) is 4.10. The smallest absolute Gasteiger partial charge is 0.228 e. The average molecular weight is 378 g/mol. The molecule has 0 bridgehead atoms. The zero-order valence-corrected chi connectivity index (χ0v) is 16.6. The second-order valence-electron chi connectivity index (χ2n) is 5.77. The first-order valence-electron chi connectivity index (χ1n) is 8.79. The van der Waals surface area contributed by atoms with Crippen LogP contribution in [0.1, 0.15) is 45.2 Å². The first-order valence-corrected chi connectivity index (χ1v) is 10.0. The van der Waals surface area contributed by atoms with Crippen molar-refractivity contribution in [2.45, 2.75) is 44.8 Å². The number of aromatic nitrogens is 3. The fourth-order valence-corrected chi connectivity index (χ4v) is 2.62. The molecule has 0 aliphatic heterocycles. The van der Waals surface area contributed by atoms with E-state index in [4.69, 9.17) is 15.2 Å². The van der Waals surface area contributed by atoms with Crippen molar-refractivity contribution in [2.24, 2.45) is 0 Å². The Morgan fingerprint density at radius 3 is 2.42 bits per heavy atom. The lowest BCUT2D eigenvalue weighted by molar-refractivity contribution is 0.268. The van der Waals surface area contributed by atoms with Gasteiger partial charge in [-0.15, -0.1) is 0 Å². The van der Waals surface area contributed by atoms with Crippen LogP contribution in [0.2, 0.25) is 0 Å². The van der Waals surface area contributed by atoms with Gasteiger partial charge in [-0.2, -0.15) is 15.0 Å². The molecule has 1 aromatic carbocycles. The summed E-state index contributed by atoms with van der Waals surface area (Å²) in [7, 11) is 0. The summed E-state index contributed by atoms with van der Waals surface area (Å²) in [6.45, 7) is 7.50. The maximum absolute atomic E-state index is 5.86. The van der Waals surface area contributed by atoms with Crippen LogP contribution in [0.3, 0.4) is 0 Å². The van der Waals surface area contributed by atoms with Crippen LogP contribution in [-0.4, -0.2) is 34.4 Å². The molecule has 0 fully saturated rings. The molecule has 0 spiro atoms. The maximum Gasteiger partial charge on any atom is 0.228 e. The van der Waals surface area contributed by atoms with Crippen molar-refractivity contribution in [3.8, 4) is 11.5 Å². The molecule has 7 nitrogen and oxygen atoms in total. The number of benzene rings is 1. The number of nitrogen functional groups attached to an aromatic ring is 1. The number of ether oxygens (including phenoxy) is 2. The van der Waals surface area contributed by atoms with E-state index in [9.17, 15) is 0 Å². The van der Waals surface area contributed by atoms with Crippen molar-refractivity contribution >= 4 is 23.7 Å². The highest BCUT2D eigenvalue weighted by molar-refractivity contribution is 7.98. The van der Waals surface area contributed by atoms with Gasteiger partial charge in [-0.05, 0) is 43.7 Å². The molecule has 26 heavy (non-hydrogen) atoms. The van der Waals surface area contributed by atoms with E-state index in [0.717, 1.165) is 29.9 Å². The van der Waals surface area contributed by atoms with E-state index in [0.29, 0.717) is 24.3 Å². The minimum atomic E-state index is -0.0318. The Labute approximate surface area is 159 Å². The zero-order valence-electron chi connectivity index (χ0n) is 15.8. The van der Waals surface area contributed by atoms with Gasteiger partial charge in [-0.25, -0.2) is 0 Å². The van der Waals surface area contributed by atoms with Gasteiger partial charge in [0.25, 0.3) is 0 Å². The molecule has 0 radical (unpaired) electrons. The lowest BCUT2D eigenvalue weighted by Crippen LogP contribution is -2.12. The zero-order chi connectivity index (χ0) is 18.9. The second kappa shape index (κ2) is 10.1. The molecule has 1 aromatic heterocycles. The topological polar surface area (TPSA) is 95.2 Å². The lowest BCUT2D eigenvalue weighted by atomic mass is 10.1. The Morgan fingerprint density at radius 2 is 1.77 bits per heavy atom. The highest BCUT2D eigenvalue weighted by atomic mass is 32.2. The molecule has 1 unspecified atom stereocenters. The number of rotatable bonds is 10. The summed E-state index contributed by atoms with van der Waals surface area (Å²) in [5, 5.41) is 3.85. The molecule has 0 aliphatic rings. The molecule has 0 saturated carbocycles. The van der Waals surface area contributed by atoms with Gasteiger partial charge in [0.05, 0.1) is 19.3 Å². The number of anilines is 2. The van der Waals surface area contributed by atoms with Crippen LogP contribution >= 0.6 is 11.8 Å². The quantitative estimate of drug-likeness (QED) is 0.601. The molecule has 1 atom stereocenters. The van der Waals surface area contributed by atoms with E-state index < -0.39 is 0 Å². The summed E-state index contributed by atoms with van der Waals surface area (Å²) >= 11 is 1.42. The molecule has 0 saturated heterocycles. The number of thioether (sulfide) groups is 1. The Kier molecular flexibility index (Phi) is 7.77. The SMILES string of the molecule is CCCOc1ccc(C(C)Nc2nc(N)nc(SC)n2)cc1OCCC. The molecular formula is C18H27N5O2S. The lowest BCUT2D eigenvalue weighted by Gasteiger charge is -2.18. The predicted molar refractivity (Wildman–Crippen MR) is 106 cm³/mol. The van der Waals surface area contributed by atoms with Gasteiger partial charge >= 0.3 is 0 Å². The summed E-state index contributed by atoms with van der Waals surface area (Å²) in [6.07, 6.45) is 3.78. The summed E-state index contributed by atoms with van der Waals surface area (Å²) in [5.41, 5.74) is 6.79. The Hall–Kier alpha value is -2.22. The number of nitrogens with two attached hydrogens (primary N) is 1. The Morgan fingerprint density at radius 1 is 1.08 bits per heavy atom. The highest BCUT2D eigenvalue weighted by Crippen LogP contribution is 2.32. The van der Waals surface area contributed by atoms with Crippen LogP contribution < -0.4 is 20.5 Å². The third-order valence-electron chi connectivity index (χ3n) is 3.55. The fourth-order valence-electron chi connectivity index (χ4n) is 2.25. The average Bonchev–Trinajstić information content (AvgIpc) is 2.64. The van der Waals surface area contributed by atoms with Crippen molar-refractivity contribution in [1.29, 1.82) is 0 Å². The summed E-state index contributed by atoms with van der Waals surface area (Å²) in [6, 6.07) is 5.93. The molecule has 8 heteroatoms. The van der Waals surface area contributed by atoms with Crippen molar-refractivity contribution in [3.63, 3.8) is 0 Å². The maximum atomic E-state index is 5.86. The number of nitrogens with one attached hydrogen (secondary N) is 1. The fraction of sp³-hybridized carbons (Fsp3) is 0.500. The largest absolute Gasteiger partial charge is 0.490 e. The normalized spacial score (nSPS) is 11.8. The van der Waals surface area contributed by atoms with E-state index >= 15 is 0 Å². The van der Waals surface area contributed by atoms with Gasteiger partial charge < -0.3 is 20.5 Å². The molecule has 2 aromatic rings. The summed E-state index contributed by atoms with van der Waals surface area (Å²) < 4.78 is 11.6. The van der Waals surface area contributed by atoms with E-state index in [1.165, 1.54) is 11.8 Å². The Bertz CT molecular complexity index is 714. The van der Waals surface area contributed by atoms with Crippen LogP contribution in [-0.2, 0) is 0 Å². The van der Waals surface area contributed by atoms with Gasteiger partial charge in [-0.3, -0.25) is 0 Å². The summed E-state index contributed by atoms with van der Waals surface area (Å²) in [4.78, 5) is 12.6. The van der Waals surface area contributed by atoms with Crippen molar-refractivity contribution in [1.82, 2.24) is 15.0 Å². The molecule has 3 N–H and O–H groups in total. The first kappa shape index (κ1) is 20.1. The van der Waals surface area contributed by atoms with Crippen LogP contribution in [0.25, 0.3) is 0 Å².